The number of aromatic nitrogens is 1. The second kappa shape index (κ2) is 8.20. The van der Waals surface area contributed by atoms with Crippen molar-refractivity contribution in [1.29, 1.82) is 0 Å². The van der Waals surface area contributed by atoms with E-state index in [1.165, 1.54) is 33.2 Å². The highest BCUT2D eigenvalue weighted by Crippen LogP contribution is 2.40. The Bertz CT molecular complexity index is 1370. The van der Waals surface area contributed by atoms with Crippen LogP contribution in [0, 0.1) is 5.92 Å². The number of ether oxygens (including phenoxy) is 1. The quantitative estimate of drug-likeness (QED) is 0.436. The number of fused-ring (bicyclic) bond motifs is 5. The monoisotopic (exact) mass is 436 g/mol. The lowest BCUT2D eigenvalue weighted by Crippen LogP contribution is -2.47. The number of nitrogens with zero attached hydrogens (tertiary/aromatic N) is 2. The zero-order valence-electron chi connectivity index (χ0n) is 18.9. The summed E-state index contributed by atoms with van der Waals surface area (Å²) in [6, 6.07) is 27.3. The van der Waals surface area contributed by atoms with Crippen LogP contribution in [0.1, 0.15) is 23.6 Å². The summed E-state index contributed by atoms with van der Waals surface area (Å²) < 4.78 is 7.37. The fraction of sp³-hybridized carbons (Fsp3) is 0.276. The largest absolute Gasteiger partial charge is 0.497 e. The van der Waals surface area contributed by atoms with Gasteiger partial charge in [0.25, 0.3) is 5.56 Å². The van der Waals surface area contributed by atoms with Gasteiger partial charge in [0.05, 0.1) is 7.11 Å². The van der Waals surface area contributed by atoms with Crippen molar-refractivity contribution in [3.05, 3.63) is 100 Å². The van der Waals surface area contributed by atoms with E-state index in [1.807, 2.05) is 18.2 Å². The topological polar surface area (TPSA) is 34.5 Å². The maximum atomic E-state index is 12.9. The van der Waals surface area contributed by atoms with Gasteiger partial charge in [-0.1, -0.05) is 48.5 Å². The third-order valence-electron chi connectivity index (χ3n) is 7.29. The number of methoxy groups -OCH3 is 1. The Kier molecular flexibility index (Phi) is 5.03. The van der Waals surface area contributed by atoms with Crippen molar-refractivity contribution in [3.8, 4) is 16.9 Å². The van der Waals surface area contributed by atoms with Gasteiger partial charge >= 0.3 is 0 Å². The minimum Gasteiger partial charge on any atom is -0.497 e. The van der Waals surface area contributed by atoms with Crippen molar-refractivity contribution in [3.63, 3.8) is 0 Å². The van der Waals surface area contributed by atoms with Crippen LogP contribution in [0.15, 0.2) is 83.7 Å². The summed E-state index contributed by atoms with van der Waals surface area (Å²) in [6.45, 7) is 3.76. The van der Waals surface area contributed by atoms with Crippen LogP contribution < -0.4 is 10.3 Å². The van der Waals surface area contributed by atoms with Crippen molar-refractivity contribution in [2.24, 2.45) is 5.92 Å². The third kappa shape index (κ3) is 3.75. The third-order valence-corrected chi connectivity index (χ3v) is 7.29. The van der Waals surface area contributed by atoms with Gasteiger partial charge in [-0.05, 0) is 58.5 Å². The number of benzene rings is 3. The van der Waals surface area contributed by atoms with E-state index in [0.29, 0.717) is 11.8 Å². The second-order valence-corrected chi connectivity index (χ2v) is 9.48. The minimum absolute atomic E-state index is 0.132. The molecule has 2 bridgehead atoms. The molecule has 2 aliphatic rings. The van der Waals surface area contributed by atoms with E-state index in [2.05, 4.69) is 64.1 Å². The highest BCUT2D eigenvalue weighted by molar-refractivity contribution is 5.87. The minimum atomic E-state index is 0.132. The van der Waals surface area contributed by atoms with Gasteiger partial charge in [-0.3, -0.25) is 9.69 Å². The zero-order valence-corrected chi connectivity index (χ0v) is 18.9. The van der Waals surface area contributed by atoms with Crippen LogP contribution in [0.5, 0.6) is 5.75 Å². The van der Waals surface area contributed by atoms with Crippen LogP contribution in [0.3, 0.4) is 0 Å². The highest BCUT2D eigenvalue weighted by atomic mass is 16.5. The summed E-state index contributed by atoms with van der Waals surface area (Å²) in [5.74, 6) is 1.77. The van der Waals surface area contributed by atoms with Gasteiger partial charge in [0, 0.05) is 49.4 Å². The Labute approximate surface area is 194 Å². The lowest BCUT2D eigenvalue weighted by atomic mass is 9.80. The first kappa shape index (κ1) is 20.3. The molecule has 0 spiro atoms. The molecule has 2 aliphatic heterocycles. The van der Waals surface area contributed by atoms with Gasteiger partial charge in [-0.2, -0.15) is 0 Å². The Balaban J connectivity index is 1.35. The lowest BCUT2D eigenvalue weighted by molar-refractivity contribution is 0.115. The average molecular weight is 437 g/mol. The molecule has 4 aromatic rings. The molecule has 1 aromatic heterocycles. The fourth-order valence-corrected chi connectivity index (χ4v) is 5.83. The SMILES string of the molecule is COc1ccc(CN2CC3CC(C2)c2c(-c4ccc5ccccc5c4)ccc(=O)n2C3)cc1. The molecule has 3 aromatic carbocycles. The molecule has 0 radical (unpaired) electrons. The molecule has 4 nitrogen and oxygen atoms in total. The van der Waals surface area contributed by atoms with Crippen molar-refractivity contribution in [1.82, 2.24) is 9.47 Å². The number of likely N-dealkylation sites (tertiary alicyclic amines) is 1. The first-order valence-corrected chi connectivity index (χ1v) is 11.8. The summed E-state index contributed by atoms with van der Waals surface area (Å²) in [7, 11) is 1.70. The fourth-order valence-electron chi connectivity index (χ4n) is 5.83. The predicted molar refractivity (Wildman–Crippen MR) is 133 cm³/mol. The first-order chi connectivity index (χ1) is 16.2. The first-order valence-electron chi connectivity index (χ1n) is 11.8. The van der Waals surface area contributed by atoms with E-state index in [4.69, 9.17) is 4.74 Å². The molecular formula is C29H28N2O2. The molecule has 1 saturated heterocycles. The van der Waals surface area contributed by atoms with Crippen molar-refractivity contribution >= 4 is 10.8 Å². The van der Waals surface area contributed by atoms with Gasteiger partial charge in [0.1, 0.15) is 5.75 Å². The molecule has 1 fully saturated rings. The average Bonchev–Trinajstić information content (AvgIpc) is 2.85. The molecule has 33 heavy (non-hydrogen) atoms. The molecule has 6 rings (SSSR count). The molecule has 2 unspecified atom stereocenters. The van der Waals surface area contributed by atoms with Gasteiger partial charge in [-0.15, -0.1) is 0 Å². The summed E-state index contributed by atoms with van der Waals surface area (Å²) in [5.41, 5.74) is 5.05. The van der Waals surface area contributed by atoms with Gasteiger partial charge in [0.15, 0.2) is 0 Å². The molecule has 166 valence electrons. The van der Waals surface area contributed by atoms with Crippen LogP contribution in [0.2, 0.25) is 0 Å². The van der Waals surface area contributed by atoms with Crippen molar-refractivity contribution < 1.29 is 4.74 Å². The Morgan fingerprint density at radius 2 is 1.70 bits per heavy atom. The summed E-state index contributed by atoms with van der Waals surface area (Å²) in [6.07, 6.45) is 1.16. The molecule has 0 saturated carbocycles. The summed E-state index contributed by atoms with van der Waals surface area (Å²) in [5, 5.41) is 2.48. The van der Waals surface area contributed by atoms with Crippen LogP contribution in [0.25, 0.3) is 21.9 Å². The number of hydrogen-bond acceptors (Lipinski definition) is 3. The van der Waals surface area contributed by atoms with Crippen molar-refractivity contribution in [2.75, 3.05) is 20.2 Å². The van der Waals surface area contributed by atoms with Crippen LogP contribution in [0.4, 0.5) is 0 Å². The maximum Gasteiger partial charge on any atom is 0.250 e. The Morgan fingerprint density at radius 3 is 2.52 bits per heavy atom. The zero-order chi connectivity index (χ0) is 22.4. The smallest absolute Gasteiger partial charge is 0.250 e. The van der Waals surface area contributed by atoms with Crippen LogP contribution >= 0.6 is 0 Å². The molecule has 0 N–H and O–H groups in total. The van der Waals surface area contributed by atoms with Gasteiger partial charge < -0.3 is 9.30 Å². The van der Waals surface area contributed by atoms with E-state index < -0.39 is 0 Å². The number of piperidine rings is 1. The second-order valence-electron chi connectivity index (χ2n) is 9.48. The molecule has 2 atom stereocenters. The number of pyridine rings is 1. The van der Waals surface area contributed by atoms with Crippen molar-refractivity contribution in [2.45, 2.75) is 25.4 Å². The van der Waals surface area contributed by atoms with Crippen LogP contribution in [-0.2, 0) is 13.1 Å². The van der Waals surface area contributed by atoms with E-state index in [9.17, 15) is 4.79 Å². The number of rotatable bonds is 4. The molecular weight excluding hydrogens is 408 g/mol. The molecule has 0 aliphatic carbocycles. The van der Waals surface area contributed by atoms with Gasteiger partial charge in [0.2, 0.25) is 0 Å². The molecule has 0 amide bonds. The highest BCUT2D eigenvalue weighted by Gasteiger charge is 2.36. The van der Waals surface area contributed by atoms with E-state index in [0.717, 1.165) is 38.3 Å². The molecule has 3 heterocycles. The van der Waals surface area contributed by atoms with Crippen LogP contribution in [-0.4, -0.2) is 29.7 Å². The maximum absolute atomic E-state index is 12.9. The summed E-state index contributed by atoms with van der Waals surface area (Å²) >= 11 is 0. The predicted octanol–water partition coefficient (Wildman–Crippen LogP) is 5.30. The lowest BCUT2D eigenvalue weighted by Gasteiger charge is -2.43. The summed E-state index contributed by atoms with van der Waals surface area (Å²) in [4.78, 5) is 15.4. The van der Waals surface area contributed by atoms with E-state index >= 15 is 0 Å². The number of hydrogen-bond donors (Lipinski definition) is 0. The normalized spacial score (nSPS) is 19.9. The Hall–Kier alpha value is -3.37. The standard InChI is InChI=1S/C29H28N2O2/c1-33-26-10-6-20(7-11-26)16-30-17-21-14-25(19-30)29-27(12-13-28(32)31(29)18-21)24-9-8-22-4-2-3-5-23(22)15-24/h2-13,15,21,25H,14,16-19H2,1H3. The van der Waals surface area contributed by atoms with E-state index in [1.54, 1.807) is 13.2 Å². The van der Waals surface area contributed by atoms with E-state index in [-0.39, 0.29) is 5.56 Å². The van der Waals surface area contributed by atoms with Gasteiger partial charge in [-0.25, -0.2) is 0 Å². The molecule has 4 heteroatoms. The Morgan fingerprint density at radius 1 is 0.879 bits per heavy atom.